The molecule has 5 heteroatoms. The molecule has 0 bridgehead atoms. The second-order valence-electron chi connectivity index (χ2n) is 5.24. The summed E-state index contributed by atoms with van der Waals surface area (Å²) in [5.74, 6) is -2.13. The van der Waals surface area contributed by atoms with E-state index in [-0.39, 0.29) is 5.91 Å². The lowest BCUT2D eigenvalue weighted by Gasteiger charge is -2.27. The maximum Gasteiger partial charge on any atom is 0.247 e. The summed E-state index contributed by atoms with van der Waals surface area (Å²) < 4.78 is 0. The molecule has 0 radical (unpaired) electrons. The van der Waals surface area contributed by atoms with E-state index in [4.69, 9.17) is 16.9 Å². The SMILES string of the molecule is N#C[C@H](C(=O)/C=C/c1cccc(Cl)c1)C(=O)N1CCCCC1. The van der Waals surface area contributed by atoms with E-state index in [1.165, 1.54) is 6.08 Å². The van der Waals surface area contributed by atoms with E-state index in [1.807, 2.05) is 6.07 Å². The first-order valence-electron chi connectivity index (χ1n) is 7.27. The van der Waals surface area contributed by atoms with E-state index in [9.17, 15) is 9.59 Å². The summed E-state index contributed by atoms with van der Waals surface area (Å²) in [6.45, 7) is 1.25. The lowest BCUT2D eigenvalue weighted by atomic mass is 10.0. The zero-order valence-corrected chi connectivity index (χ0v) is 12.9. The maximum absolute atomic E-state index is 12.3. The third kappa shape index (κ3) is 4.19. The van der Waals surface area contributed by atoms with Crippen molar-refractivity contribution in [1.29, 1.82) is 5.26 Å². The van der Waals surface area contributed by atoms with E-state index < -0.39 is 11.7 Å². The molecule has 0 aromatic heterocycles. The van der Waals surface area contributed by atoms with Gasteiger partial charge in [-0.3, -0.25) is 9.59 Å². The predicted octanol–water partition coefficient (Wildman–Crippen LogP) is 3.07. The van der Waals surface area contributed by atoms with Crippen LogP contribution in [0.25, 0.3) is 6.08 Å². The molecular weight excluding hydrogens is 300 g/mol. The summed E-state index contributed by atoms with van der Waals surface area (Å²) in [7, 11) is 0. The van der Waals surface area contributed by atoms with Crippen LogP contribution in [0.5, 0.6) is 0 Å². The highest BCUT2D eigenvalue weighted by Gasteiger charge is 2.29. The molecule has 1 amide bonds. The fraction of sp³-hybridized carbons (Fsp3) is 0.353. The summed E-state index contributed by atoms with van der Waals surface area (Å²) in [5.41, 5.74) is 0.753. The van der Waals surface area contributed by atoms with Crippen molar-refractivity contribution in [3.8, 4) is 6.07 Å². The van der Waals surface area contributed by atoms with Crippen molar-refractivity contribution in [2.75, 3.05) is 13.1 Å². The first-order valence-corrected chi connectivity index (χ1v) is 7.65. The van der Waals surface area contributed by atoms with E-state index in [2.05, 4.69) is 0 Å². The number of carbonyl (C=O) groups excluding carboxylic acids is 2. The Hall–Kier alpha value is -2.12. The molecule has 1 heterocycles. The van der Waals surface area contributed by atoms with Crippen LogP contribution < -0.4 is 0 Å². The first-order chi connectivity index (χ1) is 10.6. The Labute approximate surface area is 135 Å². The average molecular weight is 317 g/mol. The van der Waals surface area contributed by atoms with Crippen LogP contribution in [0.3, 0.4) is 0 Å². The monoisotopic (exact) mass is 316 g/mol. The smallest absolute Gasteiger partial charge is 0.247 e. The van der Waals surface area contributed by atoms with Crippen LogP contribution >= 0.6 is 11.6 Å². The van der Waals surface area contributed by atoms with Gasteiger partial charge in [0.1, 0.15) is 0 Å². The van der Waals surface area contributed by atoms with Crippen molar-refractivity contribution < 1.29 is 9.59 Å². The number of piperidine rings is 1. The Morgan fingerprint density at radius 1 is 1.27 bits per heavy atom. The fourth-order valence-corrected chi connectivity index (χ4v) is 2.62. The minimum atomic E-state index is -1.26. The zero-order valence-electron chi connectivity index (χ0n) is 12.2. The van der Waals surface area contributed by atoms with Crippen molar-refractivity contribution in [2.24, 2.45) is 5.92 Å². The van der Waals surface area contributed by atoms with Crippen LogP contribution in [0.2, 0.25) is 5.02 Å². The van der Waals surface area contributed by atoms with Crippen molar-refractivity contribution in [3.05, 3.63) is 40.9 Å². The third-order valence-electron chi connectivity index (χ3n) is 3.62. The Morgan fingerprint density at radius 2 is 2.00 bits per heavy atom. The number of carbonyl (C=O) groups is 2. The Morgan fingerprint density at radius 3 is 2.64 bits per heavy atom. The van der Waals surface area contributed by atoms with Gasteiger partial charge >= 0.3 is 0 Å². The highest BCUT2D eigenvalue weighted by molar-refractivity contribution is 6.30. The zero-order chi connectivity index (χ0) is 15.9. The number of allylic oxidation sites excluding steroid dienone is 1. The second kappa shape index (κ2) is 7.77. The van der Waals surface area contributed by atoms with Gasteiger partial charge in [-0.1, -0.05) is 29.8 Å². The van der Waals surface area contributed by atoms with Crippen LogP contribution in [-0.2, 0) is 9.59 Å². The lowest BCUT2D eigenvalue weighted by molar-refractivity contribution is -0.138. The van der Waals surface area contributed by atoms with Gasteiger partial charge in [-0.25, -0.2) is 0 Å². The Kier molecular flexibility index (Phi) is 5.74. The molecule has 0 spiro atoms. The molecule has 1 aromatic carbocycles. The van der Waals surface area contributed by atoms with Gasteiger partial charge in [-0.05, 0) is 43.0 Å². The largest absolute Gasteiger partial charge is 0.341 e. The molecule has 0 aliphatic carbocycles. The topological polar surface area (TPSA) is 61.2 Å². The molecule has 1 aliphatic heterocycles. The van der Waals surface area contributed by atoms with Crippen LogP contribution in [0.4, 0.5) is 0 Å². The van der Waals surface area contributed by atoms with Gasteiger partial charge in [0.15, 0.2) is 11.7 Å². The average Bonchev–Trinajstić information content (AvgIpc) is 2.54. The van der Waals surface area contributed by atoms with Crippen molar-refractivity contribution in [3.63, 3.8) is 0 Å². The van der Waals surface area contributed by atoms with Crippen LogP contribution in [0.1, 0.15) is 24.8 Å². The van der Waals surface area contributed by atoms with Crippen molar-refractivity contribution >= 4 is 29.4 Å². The molecule has 1 aliphatic rings. The summed E-state index contributed by atoms with van der Waals surface area (Å²) in [5, 5.41) is 9.73. The number of nitrogens with zero attached hydrogens (tertiary/aromatic N) is 2. The summed E-state index contributed by atoms with van der Waals surface area (Å²) >= 11 is 5.87. The van der Waals surface area contributed by atoms with Gasteiger partial charge in [0.25, 0.3) is 0 Å². The fourth-order valence-electron chi connectivity index (χ4n) is 2.42. The molecule has 4 nitrogen and oxygen atoms in total. The maximum atomic E-state index is 12.3. The number of likely N-dealkylation sites (tertiary alicyclic amines) is 1. The summed E-state index contributed by atoms with van der Waals surface area (Å²) in [6, 6.07) is 8.84. The molecule has 1 aromatic rings. The molecule has 1 fully saturated rings. The lowest BCUT2D eigenvalue weighted by Crippen LogP contribution is -2.41. The van der Waals surface area contributed by atoms with Gasteiger partial charge in [0, 0.05) is 18.1 Å². The minimum absolute atomic E-state index is 0.386. The molecule has 0 N–H and O–H groups in total. The van der Waals surface area contributed by atoms with Gasteiger partial charge in [-0.2, -0.15) is 5.26 Å². The minimum Gasteiger partial charge on any atom is -0.341 e. The van der Waals surface area contributed by atoms with Crippen LogP contribution in [-0.4, -0.2) is 29.7 Å². The molecule has 0 saturated carbocycles. The normalized spacial score (nSPS) is 16.3. The number of rotatable bonds is 4. The van der Waals surface area contributed by atoms with Crippen molar-refractivity contribution in [1.82, 2.24) is 4.90 Å². The van der Waals surface area contributed by atoms with Gasteiger partial charge in [0.05, 0.1) is 6.07 Å². The van der Waals surface area contributed by atoms with E-state index in [0.717, 1.165) is 24.8 Å². The summed E-state index contributed by atoms with van der Waals surface area (Å²) in [6.07, 6.45) is 5.79. The number of hydrogen-bond acceptors (Lipinski definition) is 3. The number of halogens is 1. The van der Waals surface area contributed by atoms with E-state index in [0.29, 0.717) is 18.1 Å². The molecule has 114 valence electrons. The highest BCUT2D eigenvalue weighted by atomic mass is 35.5. The van der Waals surface area contributed by atoms with Gasteiger partial charge in [0.2, 0.25) is 5.91 Å². The quantitative estimate of drug-likeness (QED) is 0.633. The highest BCUT2D eigenvalue weighted by Crippen LogP contribution is 2.15. The number of ketones is 1. The van der Waals surface area contributed by atoms with Crippen molar-refractivity contribution in [2.45, 2.75) is 19.3 Å². The van der Waals surface area contributed by atoms with Gasteiger partial charge in [-0.15, -0.1) is 0 Å². The molecule has 2 rings (SSSR count). The standard InChI is InChI=1S/C17H17ClN2O2/c18-14-6-4-5-13(11-14)7-8-16(21)15(12-19)17(22)20-9-2-1-3-10-20/h4-8,11,15H,1-3,9-10H2/b8-7+/t15-/m1/s1. The Balaban J connectivity index is 2.05. The van der Waals surface area contributed by atoms with Crippen LogP contribution in [0.15, 0.2) is 30.3 Å². The van der Waals surface area contributed by atoms with E-state index in [1.54, 1.807) is 35.2 Å². The van der Waals surface area contributed by atoms with Crippen LogP contribution in [0, 0.1) is 17.2 Å². The number of amides is 1. The number of nitriles is 1. The Bertz CT molecular complexity index is 628. The predicted molar refractivity (Wildman–Crippen MR) is 85.0 cm³/mol. The third-order valence-corrected chi connectivity index (χ3v) is 3.85. The first kappa shape index (κ1) is 16.3. The number of hydrogen-bond donors (Lipinski definition) is 0. The molecular formula is C17H17ClN2O2. The number of benzene rings is 1. The molecule has 0 unspecified atom stereocenters. The second-order valence-corrected chi connectivity index (χ2v) is 5.68. The molecule has 22 heavy (non-hydrogen) atoms. The summed E-state index contributed by atoms with van der Waals surface area (Å²) in [4.78, 5) is 26.0. The van der Waals surface area contributed by atoms with E-state index >= 15 is 0 Å². The molecule has 1 saturated heterocycles. The molecule has 1 atom stereocenters. The van der Waals surface area contributed by atoms with Gasteiger partial charge < -0.3 is 4.90 Å².